The summed E-state index contributed by atoms with van der Waals surface area (Å²) in [5.74, 6) is 0.572. The number of ether oxygens (including phenoxy) is 2. The van der Waals surface area contributed by atoms with Crippen LogP contribution in [0.2, 0.25) is 0 Å². The molecular weight excluding hydrogens is 378 g/mol. The summed E-state index contributed by atoms with van der Waals surface area (Å²) in [7, 11) is 1.62. The van der Waals surface area contributed by atoms with Crippen molar-refractivity contribution >= 4 is 12.0 Å². The monoisotopic (exact) mass is 409 g/mol. The number of methoxy groups -OCH3 is 1. The second kappa shape index (κ2) is 12.1. The number of carbonyl (C=O) groups excluding carboxylic acids is 1. The van der Waals surface area contributed by atoms with Gasteiger partial charge in [0, 0.05) is 31.3 Å². The Morgan fingerprint density at radius 3 is 2.77 bits per heavy atom. The normalized spacial score (nSPS) is 17.2. The average molecular weight is 410 g/mol. The molecule has 1 unspecified atom stereocenters. The zero-order valence-electron chi connectivity index (χ0n) is 17.5. The van der Waals surface area contributed by atoms with Crippen LogP contribution >= 0.6 is 0 Å². The minimum Gasteiger partial charge on any atom is -0.496 e. The van der Waals surface area contributed by atoms with E-state index in [1.54, 1.807) is 13.2 Å². The quantitative estimate of drug-likeness (QED) is 0.465. The fourth-order valence-electron chi connectivity index (χ4n) is 3.45. The van der Waals surface area contributed by atoms with Crippen molar-refractivity contribution in [3.05, 3.63) is 71.8 Å². The standard InChI is InChI=1S/C24H31N3O3/c1-29-22-12-6-5-11-21(22)14-15-23(28)26-27-17-8-7-13-24(27)30-18-16-25-19-20-9-3-2-4-10-20/h2-6,9-12,14-15,24-25H,7-8,13,16-19H2,1H3,(H,26,28)/b15-14+. The minimum atomic E-state index is -0.168. The molecule has 0 radical (unpaired) electrons. The molecule has 2 N–H and O–H groups in total. The van der Waals surface area contributed by atoms with Crippen LogP contribution in [0.15, 0.2) is 60.7 Å². The zero-order valence-corrected chi connectivity index (χ0v) is 17.5. The molecule has 30 heavy (non-hydrogen) atoms. The molecule has 1 aliphatic rings. The van der Waals surface area contributed by atoms with Crippen LogP contribution in [0.4, 0.5) is 0 Å². The van der Waals surface area contributed by atoms with Crippen molar-refractivity contribution in [3.63, 3.8) is 0 Å². The molecule has 1 fully saturated rings. The lowest BCUT2D eigenvalue weighted by molar-refractivity contribution is -0.137. The summed E-state index contributed by atoms with van der Waals surface area (Å²) < 4.78 is 11.4. The first-order valence-corrected chi connectivity index (χ1v) is 10.5. The van der Waals surface area contributed by atoms with Crippen molar-refractivity contribution in [1.29, 1.82) is 0 Å². The van der Waals surface area contributed by atoms with Crippen LogP contribution in [0.5, 0.6) is 5.75 Å². The molecule has 2 aromatic rings. The minimum absolute atomic E-state index is 0.0964. The van der Waals surface area contributed by atoms with Crippen molar-refractivity contribution < 1.29 is 14.3 Å². The number of hydrazine groups is 1. The molecule has 6 nitrogen and oxygen atoms in total. The van der Waals surface area contributed by atoms with Gasteiger partial charge in [0.2, 0.25) is 0 Å². The third kappa shape index (κ3) is 6.99. The number of rotatable bonds is 10. The summed E-state index contributed by atoms with van der Waals surface area (Å²) in [6.07, 6.45) is 6.26. The number of para-hydroxylation sites is 1. The average Bonchev–Trinajstić information content (AvgIpc) is 2.79. The topological polar surface area (TPSA) is 62.8 Å². The van der Waals surface area contributed by atoms with E-state index in [0.717, 1.165) is 50.2 Å². The molecular formula is C24H31N3O3. The predicted octanol–water partition coefficient (Wildman–Crippen LogP) is 3.36. The van der Waals surface area contributed by atoms with Gasteiger partial charge in [0.25, 0.3) is 5.91 Å². The number of nitrogens with one attached hydrogen (secondary N) is 2. The molecule has 1 atom stereocenters. The van der Waals surface area contributed by atoms with E-state index in [9.17, 15) is 4.79 Å². The highest BCUT2D eigenvalue weighted by atomic mass is 16.5. The van der Waals surface area contributed by atoms with Crippen LogP contribution in [-0.4, -0.2) is 44.0 Å². The van der Waals surface area contributed by atoms with Crippen molar-refractivity contribution in [1.82, 2.24) is 15.8 Å². The first-order valence-electron chi connectivity index (χ1n) is 10.5. The maximum atomic E-state index is 12.4. The molecule has 6 heteroatoms. The number of hydrogen-bond acceptors (Lipinski definition) is 5. The smallest absolute Gasteiger partial charge is 0.258 e. The van der Waals surface area contributed by atoms with Gasteiger partial charge in [-0.1, -0.05) is 48.5 Å². The Morgan fingerprint density at radius 2 is 1.93 bits per heavy atom. The Labute approximate surface area is 178 Å². The molecule has 2 aromatic carbocycles. The molecule has 0 aromatic heterocycles. The Morgan fingerprint density at radius 1 is 1.13 bits per heavy atom. The van der Waals surface area contributed by atoms with Gasteiger partial charge in [-0.25, -0.2) is 0 Å². The lowest BCUT2D eigenvalue weighted by atomic mass is 10.1. The van der Waals surface area contributed by atoms with E-state index in [-0.39, 0.29) is 12.1 Å². The van der Waals surface area contributed by atoms with Gasteiger partial charge in [0.15, 0.2) is 0 Å². The summed E-state index contributed by atoms with van der Waals surface area (Å²) in [4.78, 5) is 12.4. The zero-order chi connectivity index (χ0) is 21.0. The molecule has 1 saturated heterocycles. The number of hydrogen-bond donors (Lipinski definition) is 2. The van der Waals surface area contributed by atoms with E-state index in [2.05, 4.69) is 22.9 Å². The van der Waals surface area contributed by atoms with Gasteiger partial charge < -0.3 is 14.8 Å². The van der Waals surface area contributed by atoms with E-state index in [1.165, 1.54) is 11.6 Å². The lowest BCUT2D eigenvalue weighted by Crippen LogP contribution is -2.52. The highest BCUT2D eigenvalue weighted by Gasteiger charge is 2.23. The Bertz CT molecular complexity index is 810. The number of nitrogens with zero attached hydrogens (tertiary/aromatic N) is 1. The predicted molar refractivity (Wildman–Crippen MR) is 119 cm³/mol. The highest BCUT2D eigenvalue weighted by molar-refractivity contribution is 5.91. The Hall–Kier alpha value is -2.67. The number of piperidine rings is 1. The van der Waals surface area contributed by atoms with E-state index < -0.39 is 0 Å². The van der Waals surface area contributed by atoms with Crippen LogP contribution in [0.25, 0.3) is 6.08 Å². The Kier molecular flexibility index (Phi) is 8.90. The van der Waals surface area contributed by atoms with Crippen molar-refractivity contribution in [2.24, 2.45) is 0 Å². The maximum absolute atomic E-state index is 12.4. The summed E-state index contributed by atoms with van der Waals surface area (Å²) in [5, 5.41) is 5.30. The fraction of sp³-hybridized carbons (Fsp3) is 0.375. The van der Waals surface area contributed by atoms with E-state index in [1.807, 2.05) is 47.5 Å². The summed E-state index contributed by atoms with van der Waals surface area (Å²) in [6.45, 7) is 2.97. The van der Waals surface area contributed by atoms with Gasteiger partial charge in [0.05, 0.1) is 13.7 Å². The molecule has 3 rings (SSSR count). The van der Waals surface area contributed by atoms with Gasteiger partial charge in [-0.05, 0) is 37.0 Å². The lowest BCUT2D eigenvalue weighted by Gasteiger charge is -2.35. The van der Waals surface area contributed by atoms with Crippen molar-refractivity contribution in [2.45, 2.75) is 32.0 Å². The van der Waals surface area contributed by atoms with E-state index in [0.29, 0.717) is 6.61 Å². The fourth-order valence-corrected chi connectivity index (χ4v) is 3.45. The van der Waals surface area contributed by atoms with Crippen LogP contribution in [0.1, 0.15) is 30.4 Å². The molecule has 0 spiro atoms. The van der Waals surface area contributed by atoms with Gasteiger partial charge in [-0.2, -0.15) is 5.01 Å². The van der Waals surface area contributed by atoms with Crippen molar-refractivity contribution in [2.75, 3.05) is 26.8 Å². The summed E-state index contributed by atoms with van der Waals surface area (Å²) >= 11 is 0. The number of amides is 1. The van der Waals surface area contributed by atoms with Crippen molar-refractivity contribution in [3.8, 4) is 5.75 Å². The first-order chi connectivity index (χ1) is 14.8. The van der Waals surface area contributed by atoms with Gasteiger partial charge >= 0.3 is 0 Å². The molecule has 1 heterocycles. The molecule has 0 bridgehead atoms. The summed E-state index contributed by atoms with van der Waals surface area (Å²) in [5.41, 5.74) is 5.09. The van der Waals surface area contributed by atoms with Crippen LogP contribution in [0, 0.1) is 0 Å². The van der Waals surface area contributed by atoms with Gasteiger partial charge in [-0.3, -0.25) is 10.2 Å². The second-order valence-corrected chi connectivity index (χ2v) is 7.23. The molecule has 160 valence electrons. The SMILES string of the molecule is COc1ccccc1/C=C/C(=O)NN1CCCCC1OCCNCc1ccccc1. The Balaban J connectivity index is 1.43. The second-order valence-electron chi connectivity index (χ2n) is 7.23. The van der Waals surface area contributed by atoms with Crippen LogP contribution in [-0.2, 0) is 16.1 Å². The van der Waals surface area contributed by atoms with E-state index >= 15 is 0 Å². The third-order valence-corrected chi connectivity index (χ3v) is 5.02. The molecule has 0 aliphatic carbocycles. The maximum Gasteiger partial charge on any atom is 0.258 e. The third-order valence-electron chi connectivity index (χ3n) is 5.02. The molecule has 0 saturated carbocycles. The van der Waals surface area contributed by atoms with Gasteiger partial charge in [0.1, 0.15) is 12.0 Å². The van der Waals surface area contributed by atoms with Crippen LogP contribution in [0.3, 0.4) is 0 Å². The number of benzene rings is 2. The van der Waals surface area contributed by atoms with Crippen LogP contribution < -0.4 is 15.5 Å². The highest BCUT2D eigenvalue weighted by Crippen LogP contribution is 2.19. The summed E-state index contributed by atoms with van der Waals surface area (Å²) in [6, 6.07) is 17.9. The van der Waals surface area contributed by atoms with Gasteiger partial charge in [-0.15, -0.1) is 0 Å². The number of carbonyl (C=O) groups is 1. The molecule has 1 aliphatic heterocycles. The molecule has 1 amide bonds. The largest absolute Gasteiger partial charge is 0.496 e. The van der Waals surface area contributed by atoms with E-state index in [4.69, 9.17) is 9.47 Å². The first kappa shape index (κ1) is 22.0.